The fraction of sp³-hybridized carbons (Fsp3) is 0.148. The number of fused-ring (bicyclic) bond motifs is 2. The number of hydrogen-bond donors (Lipinski definition) is 4. The Bertz CT molecular complexity index is 3860. The van der Waals surface area contributed by atoms with E-state index in [-0.39, 0.29) is 81.7 Å². The molecule has 4 N–H and O–H groups in total. The first-order chi connectivity index (χ1) is 36.2. The summed E-state index contributed by atoms with van der Waals surface area (Å²) in [5.41, 5.74) is 0.775. The van der Waals surface area contributed by atoms with Crippen LogP contribution in [0.2, 0.25) is 10.0 Å². The molecule has 0 aliphatic heterocycles. The first-order valence-corrected chi connectivity index (χ1v) is 26.8. The topological polar surface area (TPSA) is 284 Å². The van der Waals surface area contributed by atoms with Gasteiger partial charge in [-0.3, -0.25) is 18.9 Å². The van der Waals surface area contributed by atoms with Crippen molar-refractivity contribution < 1.29 is 55.5 Å². The quantitative estimate of drug-likeness (QED) is 0.0231. The van der Waals surface area contributed by atoms with Crippen molar-refractivity contribution in [3.8, 4) is 23.0 Å². The van der Waals surface area contributed by atoms with E-state index in [4.69, 9.17) is 32.7 Å². The molecular formula is C54H46CaCl2N6O12S2. The molecule has 8 aromatic rings. The largest absolute Gasteiger partial charge is 2.00 e. The smallest absolute Gasteiger partial charge is 0.871 e. The van der Waals surface area contributed by atoms with E-state index in [1.54, 1.807) is 111 Å². The molecule has 0 fully saturated rings. The molecule has 8 aromatic carbocycles. The Morgan fingerprint density at radius 3 is 1.58 bits per heavy atom. The maximum absolute atomic E-state index is 13.4. The number of aromatic hydroxyl groups is 1. The summed E-state index contributed by atoms with van der Waals surface area (Å²) in [4.78, 5) is 16.2. The zero-order valence-corrected chi connectivity index (χ0v) is 46.9. The van der Waals surface area contributed by atoms with Crippen LogP contribution in [0.3, 0.4) is 0 Å². The molecule has 0 aliphatic rings. The van der Waals surface area contributed by atoms with Gasteiger partial charge in [-0.15, -0.1) is 15.3 Å². The molecule has 0 aromatic heterocycles. The van der Waals surface area contributed by atoms with Crippen LogP contribution < -0.4 is 25.0 Å². The van der Waals surface area contributed by atoms with E-state index >= 15 is 0 Å². The Morgan fingerprint density at radius 1 is 0.597 bits per heavy atom. The normalized spacial score (nSPS) is 11.9. The molecule has 0 atom stereocenters. The van der Waals surface area contributed by atoms with Crippen LogP contribution in [-0.2, 0) is 33.1 Å². The molecular weight excluding hydrogens is 1100 g/mol. The molecule has 392 valence electrons. The van der Waals surface area contributed by atoms with E-state index in [0.29, 0.717) is 81.6 Å². The van der Waals surface area contributed by atoms with E-state index < -0.39 is 53.3 Å². The van der Waals surface area contributed by atoms with Gasteiger partial charge in [-0.2, -0.15) is 21.9 Å². The number of aryl methyl sites for hydroxylation is 2. The molecule has 0 spiro atoms. The average molecular weight is 1150 g/mol. The van der Waals surface area contributed by atoms with Crippen LogP contribution >= 0.6 is 23.2 Å². The predicted octanol–water partition coefficient (Wildman–Crippen LogP) is 12.3. The van der Waals surface area contributed by atoms with Crippen LogP contribution in [0.1, 0.15) is 54.7 Å². The van der Waals surface area contributed by atoms with Gasteiger partial charge in [0, 0.05) is 38.6 Å². The number of rotatable bonds is 16. The summed E-state index contributed by atoms with van der Waals surface area (Å²) in [6.07, 6.45) is 0.661. The van der Waals surface area contributed by atoms with E-state index in [2.05, 4.69) is 30.8 Å². The number of phenols is 1. The number of carbonyl (C=O) groups excluding carboxylic acids is 1. The average Bonchev–Trinajstić information content (AvgIpc) is 3.38. The van der Waals surface area contributed by atoms with Crippen molar-refractivity contribution in [3.05, 3.63) is 166 Å². The molecule has 0 saturated carbocycles. The minimum absolute atomic E-state index is 0. The third-order valence-electron chi connectivity index (χ3n) is 11.3. The van der Waals surface area contributed by atoms with Crippen LogP contribution in [0.15, 0.2) is 169 Å². The van der Waals surface area contributed by atoms with Gasteiger partial charge < -0.3 is 30.1 Å². The van der Waals surface area contributed by atoms with E-state index in [9.17, 15) is 46.1 Å². The number of aliphatic imine (C=N–C) groups is 1. The monoisotopic (exact) mass is 1140 g/mol. The summed E-state index contributed by atoms with van der Waals surface area (Å²) in [5.74, 6) is -1.47. The molecule has 0 radical (unpaired) electrons. The number of nitrogens with zero attached hydrogens (tertiary/aromatic N) is 5. The predicted molar refractivity (Wildman–Crippen MR) is 294 cm³/mol. The van der Waals surface area contributed by atoms with Gasteiger partial charge in [0.15, 0.2) is 5.75 Å². The van der Waals surface area contributed by atoms with Crippen molar-refractivity contribution in [2.45, 2.75) is 50.3 Å². The zero-order chi connectivity index (χ0) is 54.9. The molecule has 0 heterocycles. The summed E-state index contributed by atoms with van der Waals surface area (Å²) < 4.78 is 78.5. The third kappa shape index (κ3) is 14.5. The van der Waals surface area contributed by atoms with Gasteiger partial charge in [0.05, 0.1) is 30.2 Å². The molecule has 0 bridgehead atoms. The minimum atomic E-state index is -4.71. The summed E-state index contributed by atoms with van der Waals surface area (Å²) in [6, 6.07) is 35.2. The van der Waals surface area contributed by atoms with E-state index in [1.807, 2.05) is 13.8 Å². The third-order valence-corrected chi connectivity index (χ3v) is 13.4. The first kappa shape index (κ1) is 59.5. The molecule has 23 heteroatoms. The van der Waals surface area contributed by atoms with Crippen molar-refractivity contribution in [1.29, 1.82) is 0 Å². The summed E-state index contributed by atoms with van der Waals surface area (Å²) in [6.45, 7) is 8.08. The maximum Gasteiger partial charge on any atom is 2.00 e. The number of phenolic OH excluding ortho intramolecular Hbond substituents is 1. The van der Waals surface area contributed by atoms with E-state index in [0.717, 1.165) is 12.1 Å². The Morgan fingerprint density at radius 2 is 1.06 bits per heavy atom. The number of azo groups is 2. The van der Waals surface area contributed by atoms with Crippen molar-refractivity contribution in [1.82, 2.24) is 0 Å². The number of hydrogen-bond acceptors (Lipinski definition) is 15. The van der Waals surface area contributed by atoms with Gasteiger partial charge in [-0.25, -0.2) is 0 Å². The molecule has 77 heavy (non-hydrogen) atoms. The second kappa shape index (κ2) is 26.1. The number of amides is 1. The second-order valence-corrected chi connectivity index (χ2v) is 20.0. The van der Waals surface area contributed by atoms with Gasteiger partial charge >= 0.3 is 37.7 Å². The second-order valence-electron chi connectivity index (χ2n) is 16.3. The summed E-state index contributed by atoms with van der Waals surface area (Å²) in [5, 5.41) is 59.0. The number of benzene rings is 8. The number of ether oxygens (including phenoxy) is 2. The van der Waals surface area contributed by atoms with Gasteiger partial charge in [0.2, 0.25) is 0 Å². The van der Waals surface area contributed by atoms with Crippen molar-refractivity contribution in [2.24, 2.45) is 25.4 Å². The van der Waals surface area contributed by atoms with Crippen LogP contribution in [0.5, 0.6) is 23.0 Å². The Balaban J connectivity index is 0.000000246. The maximum atomic E-state index is 13.4. The Labute approximate surface area is 483 Å². The van der Waals surface area contributed by atoms with Crippen LogP contribution in [0.25, 0.3) is 21.5 Å². The Kier molecular flexibility index (Phi) is 20.2. The molecule has 0 unspecified atom stereocenters. The summed E-state index contributed by atoms with van der Waals surface area (Å²) >= 11 is 12.1. The van der Waals surface area contributed by atoms with Gasteiger partial charge in [0.1, 0.15) is 38.4 Å². The first-order valence-electron chi connectivity index (χ1n) is 23.2. The van der Waals surface area contributed by atoms with E-state index in [1.165, 1.54) is 24.3 Å². The minimum Gasteiger partial charge on any atom is -0.871 e. The van der Waals surface area contributed by atoms with Crippen molar-refractivity contribution in [3.63, 3.8) is 0 Å². The number of nitrogens with one attached hydrogen (secondary N) is 1. The molecule has 1 amide bonds. The Hall–Kier alpha value is -6.72. The zero-order valence-electron chi connectivity index (χ0n) is 41.6. The molecule has 8 rings (SSSR count). The fourth-order valence-corrected chi connectivity index (χ4v) is 9.79. The standard InChI is InChI=1S/2C27H24ClN3O6S.Ca/c2*1-3-16-12-18(28)14-23(38(34,35)36)24(16)30-31-25-21-11-6-5-8-17(21)13-22(26(25)32)27(33)29-19-9-7-10-20(15-19)37-4-2;/h2*5-15,32H,3-4H2,1-2H3,(H,29,33)(H,34,35,36);/q;;+2/p-2. The molecule has 0 aliphatic carbocycles. The van der Waals surface area contributed by atoms with Crippen molar-refractivity contribution in [2.75, 3.05) is 18.5 Å². The van der Waals surface area contributed by atoms with Gasteiger partial charge in [-0.05, 0) is 121 Å². The number of halogens is 2. The van der Waals surface area contributed by atoms with Gasteiger partial charge in [-0.1, -0.05) is 103 Å². The van der Waals surface area contributed by atoms with Crippen LogP contribution in [-0.4, -0.2) is 93.8 Å². The number of carbonyl (C=O) groups is 1. The van der Waals surface area contributed by atoms with Crippen LogP contribution in [0, 0.1) is 0 Å². The van der Waals surface area contributed by atoms with Gasteiger partial charge in [0.25, 0.3) is 26.1 Å². The SMILES string of the molecule is CCOc1cccc(N=C([O-])c2cc3ccccc3c(N=Nc3c(CC)cc(Cl)cc3S(=O)(=O)O)c2[O-])c1.CCOc1cccc(NC(=O)c2cc3ccccc3c(N=Nc3c(CC)cc(Cl)cc3S(=O)(=O)O)c2O)c1.[Ca+2]. The van der Waals surface area contributed by atoms with Crippen LogP contribution in [0.4, 0.5) is 34.1 Å². The summed E-state index contributed by atoms with van der Waals surface area (Å²) in [7, 11) is -9.39. The molecule has 0 saturated heterocycles. The molecule has 18 nitrogen and oxygen atoms in total. The number of anilines is 1. The fourth-order valence-electron chi connectivity index (χ4n) is 7.79. The van der Waals surface area contributed by atoms with Crippen molar-refractivity contribution >= 4 is 149 Å².